The van der Waals surface area contributed by atoms with Gasteiger partial charge in [0.1, 0.15) is 0 Å². The lowest BCUT2D eigenvalue weighted by Gasteiger charge is -2.23. The molecule has 3 rings (SSSR count). The maximum atomic E-state index is 5.29. The van der Waals surface area contributed by atoms with Crippen molar-refractivity contribution in [2.75, 3.05) is 6.54 Å². The van der Waals surface area contributed by atoms with Gasteiger partial charge in [-0.2, -0.15) is 0 Å². The summed E-state index contributed by atoms with van der Waals surface area (Å²) in [7, 11) is 0. The molecule has 0 spiro atoms. The largest absolute Gasteiger partial charge is 0.357 e. The van der Waals surface area contributed by atoms with Gasteiger partial charge in [0.05, 0.1) is 0 Å². The Morgan fingerprint density at radius 1 is 1.37 bits per heavy atom. The monoisotopic (exact) mass is 252 g/mol. The van der Waals surface area contributed by atoms with Crippen LogP contribution in [0.4, 0.5) is 0 Å². The van der Waals surface area contributed by atoms with E-state index in [9.17, 15) is 0 Å². The van der Waals surface area contributed by atoms with Crippen LogP contribution in [0.3, 0.4) is 0 Å². The number of terminal acetylenes is 1. The molecule has 1 aliphatic carbocycles. The second-order valence-electron chi connectivity index (χ2n) is 5.27. The number of rotatable bonds is 4. The van der Waals surface area contributed by atoms with Gasteiger partial charge in [-0.05, 0) is 43.9 Å². The molecule has 1 aliphatic rings. The zero-order valence-corrected chi connectivity index (χ0v) is 11.2. The van der Waals surface area contributed by atoms with Crippen molar-refractivity contribution in [1.29, 1.82) is 0 Å². The van der Waals surface area contributed by atoms with Crippen LogP contribution < -0.4 is 5.32 Å². The summed E-state index contributed by atoms with van der Waals surface area (Å²) in [4.78, 5) is 3.60. The molecule has 2 aromatic rings. The fraction of sp³-hybridized carbons (Fsp3) is 0.412. The second-order valence-corrected chi connectivity index (χ2v) is 5.27. The van der Waals surface area contributed by atoms with E-state index in [1.54, 1.807) is 0 Å². The Labute approximate surface area is 114 Å². The molecule has 98 valence electrons. The van der Waals surface area contributed by atoms with E-state index >= 15 is 0 Å². The SMILES string of the molecule is C#CCCCNC1CCCc2c1[nH]c1ccccc21. The van der Waals surface area contributed by atoms with Gasteiger partial charge in [0.25, 0.3) is 0 Å². The van der Waals surface area contributed by atoms with Crippen molar-refractivity contribution in [3.05, 3.63) is 35.5 Å². The molecule has 0 fully saturated rings. The summed E-state index contributed by atoms with van der Waals surface area (Å²) in [6.45, 7) is 1.00. The van der Waals surface area contributed by atoms with Crippen molar-refractivity contribution in [1.82, 2.24) is 10.3 Å². The molecule has 2 nitrogen and oxygen atoms in total. The predicted molar refractivity (Wildman–Crippen MR) is 80.0 cm³/mol. The van der Waals surface area contributed by atoms with Gasteiger partial charge in [-0.1, -0.05) is 18.2 Å². The van der Waals surface area contributed by atoms with Crippen molar-refractivity contribution < 1.29 is 0 Å². The molecular weight excluding hydrogens is 232 g/mol. The molecule has 0 aliphatic heterocycles. The molecule has 0 saturated heterocycles. The number of hydrogen-bond donors (Lipinski definition) is 2. The zero-order chi connectivity index (χ0) is 13.1. The lowest BCUT2D eigenvalue weighted by molar-refractivity contribution is 0.451. The minimum Gasteiger partial charge on any atom is -0.357 e. The van der Waals surface area contributed by atoms with E-state index in [2.05, 4.69) is 40.5 Å². The third-order valence-corrected chi connectivity index (χ3v) is 4.00. The van der Waals surface area contributed by atoms with Gasteiger partial charge in [-0.3, -0.25) is 0 Å². The van der Waals surface area contributed by atoms with Gasteiger partial charge in [0.15, 0.2) is 0 Å². The first-order chi connectivity index (χ1) is 9.40. The van der Waals surface area contributed by atoms with E-state index < -0.39 is 0 Å². The summed E-state index contributed by atoms with van der Waals surface area (Å²) in [5, 5.41) is 5.04. The Hall–Kier alpha value is -1.72. The third kappa shape index (κ3) is 2.39. The summed E-state index contributed by atoms with van der Waals surface area (Å²) in [6.07, 6.45) is 10.9. The number of hydrogen-bond acceptors (Lipinski definition) is 1. The highest BCUT2D eigenvalue weighted by molar-refractivity contribution is 5.85. The van der Waals surface area contributed by atoms with Gasteiger partial charge in [0, 0.05) is 29.1 Å². The van der Waals surface area contributed by atoms with Crippen LogP contribution in [0, 0.1) is 12.3 Å². The Kier molecular flexibility index (Phi) is 3.57. The van der Waals surface area contributed by atoms with Crippen molar-refractivity contribution in [3.8, 4) is 12.3 Å². The number of H-pyrrole nitrogens is 1. The summed E-state index contributed by atoms with van der Waals surface area (Å²) in [5.74, 6) is 2.70. The van der Waals surface area contributed by atoms with Crippen LogP contribution in [0.25, 0.3) is 10.9 Å². The number of aromatic nitrogens is 1. The van der Waals surface area contributed by atoms with Crippen molar-refractivity contribution in [2.24, 2.45) is 0 Å². The van der Waals surface area contributed by atoms with Crippen molar-refractivity contribution >= 4 is 10.9 Å². The summed E-state index contributed by atoms with van der Waals surface area (Å²) in [5.41, 5.74) is 4.18. The quantitative estimate of drug-likeness (QED) is 0.632. The first-order valence-electron chi connectivity index (χ1n) is 7.16. The smallest absolute Gasteiger partial charge is 0.0476 e. The Morgan fingerprint density at radius 2 is 2.26 bits per heavy atom. The molecule has 0 bridgehead atoms. The first-order valence-corrected chi connectivity index (χ1v) is 7.16. The third-order valence-electron chi connectivity index (χ3n) is 4.00. The molecule has 0 saturated carbocycles. The Bertz CT molecular complexity index is 603. The van der Waals surface area contributed by atoms with Crippen LogP contribution in [0.1, 0.15) is 43.0 Å². The highest BCUT2D eigenvalue weighted by atomic mass is 14.9. The number of nitrogens with one attached hydrogen (secondary N) is 2. The van der Waals surface area contributed by atoms with Gasteiger partial charge >= 0.3 is 0 Å². The average molecular weight is 252 g/mol. The summed E-state index contributed by atoms with van der Waals surface area (Å²) >= 11 is 0. The lowest BCUT2D eigenvalue weighted by Crippen LogP contribution is -2.26. The van der Waals surface area contributed by atoms with Crippen LogP contribution in [0.15, 0.2) is 24.3 Å². The van der Waals surface area contributed by atoms with Crippen molar-refractivity contribution in [3.63, 3.8) is 0 Å². The van der Waals surface area contributed by atoms with E-state index in [4.69, 9.17) is 6.42 Å². The number of aromatic amines is 1. The van der Waals surface area contributed by atoms with Crippen molar-refractivity contribution in [2.45, 2.75) is 38.1 Å². The Morgan fingerprint density at radius 3 is 3.16 bits per heavy atom. The molecule has 2 heteroatoms. The molecule has 1 atom stereocenters. The molecule has 0 amide bonds. The van der Waals surface area contributed by atoms with Crippen LogP contribution in [-0.4, -0.2) is 11.5 Å². The number of unbranched alkanes of at least 4 members (excludes halogenated alkanes) is 1. The molecule has 1 aromatic carbocycles. The number of aryl methyl sites for hydroxylation is 1. The fourth-order valence-corrected chi connectivity index (χ4v) is 3.09. The maximum absolute atomic E-state index is 5.29. The minimum atomic E-state index is 0.467. The van der Waals surface area contributed by atoms with Gasteiger partial charge in [0.2, 0.25) is 0 Å². The molecule has 1 aromatic heterocycles. The summed E-state index contributed by atoms with van der Waals surface area (Å²) in [6, 6.07) is 9.09. The van der Waals surface area contributed by atoms with Gasteiger partial charge < -0.3 is 10.3 Å². The van der Waals surface area contributed by atoms with Gasteiger partial charge in [-0.25, -0.2) is 0 Å². The fourth-order valence-electron chi connectivity index (χ4n) is 3.09. The zero-order valence-electron chi connectivity index (χ0n) is 11.2. The normalized spacial score (nSPS) is 18.2. The molecule has 2 N–H and O–H groups in total. The molecule has 1 unspecified atom stereocenters. The maximum Gasteiger partial charge on any atom is 0.0476 e. The molecule has 1 heterocycles. The molecule has 19 heavy (non-hydrogen) atoms. The summed E-state index contributed by atoms with van der Waals surface area (Å²) < 4.78 is 0. The van der Waals surface area contributed by atoms with E-state index in [1.165, 1.54) is 41.4 Å². The van der Waals surface area contributed by atoms with Crippen LogP contribution in [-0.2, 0) is 6.42 Å². The minimum absolute atomic E-state index is 0.467. The number of benzene rings is 1. The Balaban J connectivity index is 1.82. The predicted octanol–water partition coefficient (Wildman–Crippen LogP) is 3.55. The standard InChI is InChI=1S/C17H20N2/c1-2-3-6-12-18-16-11-7-9-14-13-8-4-5-10-15(13)19-17(14)16/h1,4-5,8,10,16,18-19H,3,6-7,9,11-12H2. The molecule has 0 radical (unpaired) electrons. The highest BCUT2D eigenvalue weighted by Crippen LogP contribution is 2.34. The highest BCUT2D eigenvalue weighted by Gasteiger charge is 2.23. The van der Waals surface area contributed by atoms with Crippen LogP contribution >= 0.6 is 0 Å². The number of fused-ring (bicyclic) bond motifs is 3. The van der Waals surface area contributed by atoms with E-state index in [1.807, 2.05) is 0 Å². The topological polar surface area (TPSA) is 27.8 Å². The average Bonchev–Trinajstić information content (AvgIpc) is 2.83. The van der Waals surface area contributed by atoms with Gasteiger partial charge in [-0.15, -0.1) is 12.3 Å². The van der Waals surface area contributed by atoms with E-state index in [0.29, 0.717) is 6.04 Å². The van der Waals surface area contributed by atoms with Crippen LogP contribution in [0.2, 0.25) is 0 Å². The number of para-hydroxylation sites is 1. The van der Waals surface area contributed by atoms with E-state index in [-0.39, 0.29) is 0 Å². The second kappa shape index (κ2) is 5.50. The first kappa shape index (κ1) is 12.3. The lowest BCUT2D eigenvalue weighted by atomic mass is 9.91. The molecular formula is C17H20N2. The van der Waals surface area contributed by atoms with E-state index in [0.717, 1.165) is 19.4 Å². The van der Waals surface area contributed by atoms with Crippen LogP contribution in [0.5, 0.6) is 0 Å².